The fourth-order valence-corrected chi connectivity index (χ4v) is 4.12. The molecular formula is C23H16ClFN2O2S. The zero-order chi connectivity index (χ0) is 21.3. The van der Waals surface area contributed by atoms with E-state index in [1.165, 1.54) is 36.0 Å². The number of hydrogen-bond acceptors (Lipinski definition) is 4. The van der Waals surface area contributed by atoms with E-state index in [0.717, 1.165) is 15.4 Å². The molecule has 7 heteroatoms. The van der Waals surface area contributed by atoms with Crippen molar-refractivity contribution in [3.8, 4) is 0 Å². The second-order valence-electron chi connectivity index (χ2n) is 6.65. The average molecular weight is 439 g/mol. The number of carbonyl (C=O) groups excluding carboxylic acids is 2. The van der Waals surface area contributed by atoms with Crippen LogP contribution < -0.4 is 10.2 Å². The van der Waals surface area contributed by atoms with E-state index < -0.39 is 17.6 Å². The molecule has 0 aromatic heterocycles. The summed E-state index contributed by atoms with van der Waals surface area (Å²) < 4.78 is 13.3. The monoisotopic (exact) mass is 438 g/mol. The number of para-hydroxylation sites is 1. The van der Waals surface area contributed by atoms with Gasteiger partial charge in [0, 0.05) is 10.6 Å². The first-order valence-electron chi connectivity index (χ1n) is 9.09. The van der Waals surface area contributed by atoms with Gasteiger partial charge in [-0.05, 0) is 55.5 Å². The second kappa shape index (κ2) is 8.34. The Labute approximate surface area is 182 Å². The maximum atomic E-state index is 13.3. The zero-order valence-electron chi connectivity index (χ0n) is 15.9. The Morgan fingerprint density at radius 3 is 2.23 bits per heavy atom. The van der Waals surface area contributed by atoms with Gasteiger partial charge in [-0.2, -0.15) is 0 Å². The van der Waals surface area contributed by atoms with Gasteiger partial charge >= 0.3 is 0 Å². The summed E-state index contributed by atoms with van der Waals surface area (Å²) in [6, 6.07) is 19.9. The molecule has 3 aromatic rings. The fraction of sp³-hybridized carbons (Fsp3) is 0.0435. The van der Waals surface area contributed by atoms with Crippen molar-refractivity contribution in [2.45, 2.75) is 11.8 Å². The predicted octanol–water partition coefficient (Wildman–Crippen LogP) is 5.78. The molecule has 1 heterocycles. The summed E-state index contributed by atoms with van der Waals surface area (Å²) in [4.78, 5) is 28.6. The van der Waals surface area contributed by atoms with Gasteiger partial charge in [0.25, 0.3) is 11.8 Å². The zero-order valence-corrected chi connectivity index (χ0v) is 17.4. The normalized spacial score (nSPS) is 13.9. The van der Waals surface area contributed by atoms with Crippen LogP contribution in [0.3, 0.4) is 0 Å². The smallest absolute Gasteiger partial charge is 0.283 e. The molecule has 1 aliphatic heterocycles. The number of amides is 2. The third-order valence-corrected chi connectivity index (χ3v) is 5.90. The average Bonchev–Trinajstić information content (AvgIpc) is 2.96. The van der Waals surface area contributed by atoms with Gasteiger partial charge in [-0.25, -0.2) is 9.29 Å². The molecule has 0 atom stereocenters. The van der Waals surface area contributed by atoms with E-state index >= 15 is 0 Å². The number of hydrogen-bond donors (Lipinski definition) is 1. The topological polar surface area (TPSA) is 49.4 Å². The lowest BCUT2D eigenvalue weighted by molar-refractivity contribution is -0.120. The summed E-state index contributed by atoms with van der Waals surface area (Å²) in [7, 11) is 0. The Kier molecular flexibility index (Phi) is 5.61. The number of rotatable bonds is 5. The molecule has 150 valence electrons. The molecule has 1 aliphatic rings. The van der Waals surface area contributed by atoms with E-state index in [1.807, 2.05) is 31.2 Å². The molecule has 4 rings (SSSR count). The number of halogens is 2. The van der Waals surface area contributed by atoms with Gasteiger partial charge < -0.3 is 5.32 Å². The number of nitrogens with zero attached hydrogens (tertiary/aromatic N) is 1. The van der Waals surface area contributed by atoms with Gasteiger partial charge in [-0.15, -0.1) is 0 Å². The van der Waals surface area contributed by atoms with Crippen molar-refractivity contribution in [3.05, 3.63) is 99.8 Å². The Balaban J connectivity index is 1.75. The molecule has 1 N–H and O–H groups in total. The van der Waals surface area contributed by atoms with Gasteiger partial charge in [0.05, 0.1) is 10.7 Å². The van der Waals surface area contributed by atoms with Crippen LogP contribution >= 0.6 is 23.4 Å². The molecule has 0 spiro atoms. The molecule has 2 amide bonds. The van der Waals surface area contributed by atoms with Crippen LogP contribution in [0.4, 0.5) is 15.8 Å². The van der Waals surface area contributed by atoms with E-state index in [0.29, 0.717) is 16.4 Å². The quantitative estimate of drug-likeness (QED) is 0.513. The van der Waals surface area contributed by atoms with E-state index in [2.05, 4.69) is 5.32 Å². The third kappa shape index (κ3) is 3.97. The largest absolute Gasteiger partial charge is 0.350 e. The van der Waals surface area contributed by atoms with Gasteiger partial charge in [-0.3, -0.25) is 9.59 Å². The molecule has 0 aliphatic carbocycles. The van der Waals surface area contributed by atoms with Gasteiger partial charge in [0.1, 0.15) is 16.4 Å². The Hall–Kier alpha value is -3.09. The van der Waals surface area contributed by atoms with Crippen LogP contribution in [-0.2, 0) is 9.59 Å². The van der Waals surface area contributed by atoms with Crippen LogP contribution in [0, 0.1) is 12.7 Å². The highest BCUT2D eigenvalue weighted by atomic mass is 35.5. The lowest BCUT2D eigenvalue weighted by Gasteiger charge is -2.16. The van der Waals surface area contributed by atoms with E-state index in [4.69, 9.17) is 11.6 Å². The number of aryl methyl sites for hydroxylation is 1. The van der Waals surface area contributed by atoms with E-state index in [-0.39, 0.29) is 10.6 Å². The first kappa shape index (κ1) is 20.2. The van der Waals surface area contributed by atoms with Gasteiger partial charge in [0.15, 0.2) is 0 Å². The summed E-state index contributed by atoms with van der Waals surface area (Å²) in [5.74, 6) is -1.38. The van der Waals surface area contributed by atoms with Crippen LogP contribution in [0.15, 0.2) is 88.3 Å². The van der Waals surface area contributed by atoms with E-state index in [9.17, 15) is 14.0 Å². The lowest BCUT2D eigenvalue weighted by Crippen LogP contribution is -2.32. The van der Waals surface area contributed by atoms with Crippen LogP contribution in [0.1, 0.15) is 5.56 Å². The maximum absolute atomic E-state index is 13.3. The summed E-state index contributed by atoms with van der Waals surface area (Å²) in [5, 5.41) is 3.28. The van der Waals surface area contributed by atoms with Crippen LogP contribution in [0.25, 0.3) is 0 Å². The molecule has 4 nitrogen and oxygen atoms in total. The van der Waals surface area contributed by atoms with Crippen molar-refractivity contribution in [1.29, 1.82) is 0 Å². The number of benzene rings is 3. The third-order valence-electron chi connectivity index (χ3n) is 4.49. The Morgan fingerprint density at radius 1 is 0.900 bits per heavy atom. The minimum atomic E-state index is -0.521. The highest BCUT2D eigenvalue weighted by Crippen LogP contribution is 2.39. The minimum Gasteiger partial charge on any atom is -0.350 e. The molecule has 0 radical (unpaired) electrons. The summed E-state index contributed by atoms with van der Waals surface area (Å²) in [6.07, 6.45) is 0. The molecule has 0 saturated carbocycles. The summed E-state index contributed by atoms with van der Waals surface area (Å²) in [5.41, 5.74) is 2.02. The molecule has 0 fully saturated rings. The lowest BCUT2D eigenvalue weighted by atomic mass is 10.2. The highest BCUT2D eigenvalue weighted by Gasteiger charge is 2.41. The first-order valence-corrected chi connectivity index (χ1v) is 10.3. The van der Waals surface area contributed by atoms with Crippen molar-refractivity contribution in [2.75, 3.05) is 10.2 Å². The summed E-state index contributed by atoms with van der Waals surface area (Å²) in [6.45, 7) is 1.97. The molecule has 0 unspecified atom stereocenters. The molecule has 30 heavy (non-hydrogen) atoms. The minimum absolute atomic E-state index is 0.122. The SMILES string of the molecule is Cc1ccc(SC2=C(Nc3ccc(F)cc3)C(=O)N(c3ccccc3Cl)C2=O)cc1. The van der Waals surface area contributed by atoms with Crippen molar-refractivity contribution >= 4 is 46.6 Å². The fourth-order valence-electron chi connectivity index (χ4n) is 2.97. The van der Waals surface area contributed by atoms with Crippen molar-refractivity contribution in [2.24, 2.45) is 0 Å². The van der Waals surface area contributed by atoms with Crippen LogP contribution in [0.2, 0.25) is 5.02 Å². The molecule has 0 saturated heterocycles. The molecule has 0 bridgehead atoms. The summed E-state index contributed by atoms with van der Waals surface area (Å²) >= 11 is 7.45. The Morgan fingerprint density at radius 2 is 1.57 bits per heavy atom. The number of carbonyl (C=O) groups is 2. The predicted molar refractivity (Wildman–Crippen MR) is 118 cm³/mol. The number of anilines is 2. The second-order valence-corrected chi connectivity index (χ2v) is 8.14. The number of nitrogens with one attached hydrogen (secondary N) is 1. The first-order chi connectivity index (χ1) is 14.4. The van der Waals surface area contributed by atoms with Gasteiger partial charge in [-0.1, -0.05) is 53.2 Å². The van der Waals surface area contributed by atoms with Crippen molar-refractivity contribution in [3.63, 3.8) is 0 Å². The maximum Gasteiger partial charge on any atom is 0.283 e. The van der Waals surface area contributed by atoms with Gasteiger partial charge in [0.2, 0.25) is 0 Å². The molecule has 3 aromatic carbocycles. The number of thioether (sulfide) groups is 1. The molecular weight excluding hydrogens is 423 g/mol. The number of imide groups is 1. The van der Waals surface area contributed by atoms with Crippen molar-refractivity contribution < 1.29 is 14.0 Å². The standard InChI is InChI=1S/C23H16ClFN2O2S/c1-14-6-12-17(13-7-14)30-21-20(26-16-10-8-15(25)9-11-16)22(28)27(23(21)29)19-5-3-2-4-18(19)24/h2-13,26H,1H3. The Bertz CT molecular complexity index is 1090. The van der Waals surface area contributed by atoms with E-state index in [1.54, 1.807) is 24.3 Å². The van der Waals surface area contributed by atoms with Crippen LogP contribution in [0.5, 0.6) is 0 Å². The highest BCUT2D eigenvalue weighted by molar-refractivity contribution is 8.04. The van der Waals surface area contributed by atoms with Crippen molar-refractivity contribution in [1.82, 2.24) is 0 Å². The van der Waals surface area contributed by atoms with Crippen LogP contribution in [-0.4, -0.2) is 11.8 Å².